The molecule has 26 heavy (non-hydrogen) atoms. The van der Waals surface area contributed by atoms with E-state index in [2.05, 4.69) is 15.0 Å². The standard InChI is InChI=1S/C18H15F3N2O3/c1-25-14-4-2-13(3-5-14)22-10-12-8-11-9-15(26-18(19,20)21)6-7-16(11)23-17(12)24/h2-9,22H,10H2,1H3,(H,23,24). The molecule has 0 amide bonds. The Bertz CT molecular complexity index is 966. The average molecular weight is 364 g/mol. The number of anilines is 1. The fraction of sp³-hybridized carbons (Fsp3) is 0.167. The minimum absolute atomic E-state index is 0.210. The highest BCUT2D eigenvalue weighted by atomic mass is 19.4. The van der Waals surface area contributed by atoms with E-state index < -0.39 is 6.36 Å². The van der Waals surface area contributed by atoms with Gasteiger partial charge in [0.15, 0.2) is 0 Å². The second-order valence-corrected chi connectivity index (χ2v) is 5.50. The number of nitrogens with one attached hydrogen (secondary N) is 2. The van der Waals surface area contributed by atoms with Crippen molar-refractivity contribution in [1.29, 1.82) is 0 Å². The fourth-order valence-electron chi connectivity index (χ4n) is 2.46. The zero-order valence-electron chi connectivity index (χ0n) is 13.7. The molecule has 0 aliphatic rings. The Hall–Kier alpha value is -3.16. The van der Waals surface area contributed by atoms with Gasteiger partial charge in [0.2, 0.25) is 0 Å². The maximum Gasteiger partial charge on any atom is 0.573 e. The van der Waals surface area contributed by atoms with Gasteiger partial charge in [-0.15, -0.1) is 13.2 Å². The molecule has 1 aromatic heterocycles. The van der Waals surface area contributed by atoms with Gasteiger partial charge in [0, 0.05) is 28.7 Å². The number of hydrogen-bond acceptors (Lipinski definition) is 4. The minimum Gasteiger partial charge on any atom is -0.497 e. The van der Waals surface area contributed by atoms with Crippen LogP contribution in [0.4, 0.5) is 18.9 Å². The number of alkyl halides is 3. The predicted molar refractivity (Wildman–Crippen MR) is 91.6 cm³/mol. The molecule has 8 heteroatoms. The van der Waals surface area contributed by atoms with Crippen LogP contribution >= 0.6 is 0 Å². The van der Waals surface area contributed by atoms with E-state index in [-0.39, 0.29) is 17.9 Å². The molecule has 136 valence electrons. The van der Waals surface area contributed by atoms with E-state index in [4.69, 9.17) is 4.74 Å². The first-order valence-corrected chi connectivity index (χ1v) is 7.64. The lowest BCUT2D eigenvalue weighted by atomic mass is 10.1. The maximum absolute atomic E-state index is 12.3. The molecule has 0 saturated carbocycles. The number of ether oxygens (including phenoxy) is 2. The van der Waals surface area contributed by atoms with Crippen LogP contribution in [0.5, 0.6) is 11.5 Å². The number of fused-ring (bicyclic) bond motifs is 1. The summed E-state index contributed by atoms with van der Waals surface area (Å²) in [4.78, 5) is 14.8. The molecule has 0 saturated heterocycles. The van der Waals surface area contributed by atoms with Gasteiger partial charge >= 0.3 is 6.36 Å². The van der Waals surface area contributed by atoms with E-state index in [1.54, 1.807) is 31.4 Å². The number of benzene rings is 2. The number of halogens is 3. The first-order valence-electron chi connectivity index (χ1n) is 7.64. The van der Waals surface area contributed by atoms with Gasteiger partial charge in [-0.2, -0.15) is 0 Å². The predicted octanol–water partition coefficient (Wildman–Crippen LogP) is 4.05. The SMILES string of the molecule is COc1ccc(NCc2cc3cc(OC(F)(F)F)ccc3[nH]c2=O)cc1. The van der Waals surface area contributed by atoms with Gasteiger partial charge in [-0.25, -0.2) is 0 Å². The summed E-state index contributed by atoms with van der Waals surface area (Å²) in [6.45, 7) is 0.210. The number of aromatic amines is 1. The Kier molecular flexibility index (Phi) is 4.75. The van der Waals surface area contributed by atoms with Gasteiger partial charge in [-0.3, -0.25) is 4.79 Å². The van der Waals surface area contributed by atoms with Crippen molar-refractivity contribution in [3.63, 3.8) is 0 Å². The summed E-state index contributed by atoms with van der Waals surface area (Å²) in [5, 5.41) is 3.53. The van der Waals surface area contributed by atoms with E-state index in [9.17, 15) is 18.0 Å². The lowest BCUT2D eigenvalue weighted by Crippen LogP contribution is -2.17. The van der Waals surface area contributed by atoms with Crippen molar-refractivity contribution in [2.75, 3.05) is 12.4 Å². The van der Waals surface area contributed by atoms with Crippen LogP contribution in [-0.2, 0) is 6.54 Å². The van der Waals surface area contributed by atoms with Gasteiger partial charge < -0.3 is 19.8 Å². The van der Waals surface area contributed by atoms with Crippen molar-refractivity contribution < 1.29 is 22.6 Å². The van der Waals surface area contributed by atoms with Crippen LogP contribution in [0.3, 0.4) is 0 Å². The summed E-state index contributed by atoms with van der Waals surface area (Å²) in [6.07, 6.45) is -4.77. The van der Waals surface area contributed by atoms with Gasteiger partial charge in [0.25, 0.3) is 5.56 Å². The number of pyridine rings is 1. The molecular weight excluding hydrogens is 349 g/mol. The Morgan fingerprint density at radius 2 is 1.73 bits per heavy atom. The third kappa shape index (κ3) is 4.27. The van der Waals surface area contributed by atoms with E-state index in [0.717, 1.165) is 11.8 Å². The van der Waals surface area contributed by atoms with Gasteiger partial charge in [-0.05, 0) is 48.5 Å². The van der Waals surface area contributed by atoms with Gasteiger partial charge in [0.05, 0.1) is 7.11 Å². The largest absolute Gasteiger partial charge is 0.573 e. The van der Waals surface area contributed by atoms with Crippen LogP contribution in [0.2, 0.25) is 0 Å². The monoisotopic (exact) mass is 364 g/mol. The Labute approximate surface area is 146 Å². The number of H-pyrrole nitrogens is 1. The normalized spacial score (nSPS) is 11.4. The number of methoxy groups -OCH3 is 1. The molecule has 0 bridgehead atoms. The quantitative estimate of drug-likeness (QED) is 0.717. The first-order chi connectivity index (χ1) is 12.3. The summed E-state index contributed by atoms with van der Waals surface area (Å²) in [5.74, 6) is 0.363. The highest BCUT2D eigenvalue weighted by molar-refractivity contribution is 5.80. The highest BCUT2D eigenvalue weighted by Crippen LogP contribution is 2.25. The molecule has 0 fully saturated rings. The molecule has 1 heterocycles. The van der Waals surface area contributed by atoms with Crippen molar-refractivity contribution in [2.45, 2.75) is 12.9 Å². The molecule has 3 aromatic rings. The molecule has 3 rings (SSSR count). The zero-order chi connectivity index (χ0) is 18.7. The third-order valence-corrected chi connectivity index (χ3v) is 3.70. The number of aromatic nitrogens is 1. The Morgan fingerprint density at radius 1 is 1.04 bits per heavy atom. The second kappa shape index (κ2) is 6.99. The highest BCUT2D eigenvalue weighted by Gasteiger charge is 2.31. The van der Waals surface area contributed by atoms with Crippen molar-refractivity contribution in [3.05, 3.63) is 64.4 Å². The van der Waals surface area contributed by atoms with E-state index >= 15 is 0 Å². The second-order valence-electron chi connectivity index (χ2n) is 5.50. The van der Waals surface area contributed by atoms with Crippen LogP contribution in [-0.4, -0.2) is 18.5 Å². The van der Waals surface area contributed by atoms with Gasteiger partial charge in [0.1, 0.15) is 11.5 Å². The third-order valence-electron chi connectivity index (χ3n) is 3.70. The summed E-state index contributed by atoms with van der Waals surface area (Å²) in [5.41, 5.74) is 1.28. The van der Waals surface area contributed by atoms with Crippen LogP contribution < -0.4 is 20.3 Å². The minimum atomic E-state index is -4.77. The van der Waals surface area contributed by atoms with Crippen molar-refractivity contribution >= 4 is 16.6 Å². The molecule has 0 aliphatic heterocycles. The Morgan fingerprint density at radius 3 is 2.38 bits per heavy atom. The van der Waals surface area contributed by atoms with Crippen LogP contribution in [0.25, 0.3) is 10.9 Å². The summed E-state index contributed by atoms with van der Waals surface area (Å²) in [7, 11) is 1.56. The molecule has 5 nitrogen and oxygen atoms in total. The molecule has 0 atom stereocenters. The molecule has 0 radical (unpaired) electrons. The number of rotatable bonds is 5. The van der Waals surface area contributed by atoms with E-state index in [1.807, 2.05) is 0 Å². The summed E-state index contributed by atoms with van der Waals surface area (Å²) < 4.78 is 46.0. The van der Waals surface area contributed by atoms with Crippen LogP contribution in [0.15, 0.2) is 53.3 Å². The zero-order valence-corrected chi connectivity index (χ0v) is 13.7. The molecular formula is C18H15F3N2O3. The van der Waals surface area contributed by atoms with Crippen LogP contribution in [0.1, 0.15) is 5.56 Å². The van der Waals surface area contributed by atoms with Gasteiger partial charge in [-0.1, -0.05) is 0 Å². The van der Waals surface area contributed by atoms with Crippen LogP contribution in [0, 0.1) is 0 Å². The lowest BCUT2D eigenvalue weighted by molar-refractivity contribution is -0.274. The maximum atomic E-state index is 12.3. The molecule has 0 unspecified atom stereocenters. The molecule has 2 aromatic carbocycles. The molecule has 2 N–H and O–H groups in total. The average Bonchev–Trinajstić information content (AvgIpc) is 2.59. The summed E-state index contributed by atoms with van der Waals surface area (Å²) in [6, 6.07) is 12.4. The van der Waals surface area contributed by atoms with E-state index in [1.165, 1.54) is 18.2 Å². The fourth-order valence-corrected chi connectivity index (χ4v) is 2.46. The first kappa shape index (κ1) is 17.7. The van der Waals surface area contributed by atoms with Crippen molar-refractivity contribution in [2.24, 2.45) is 0 Å². The van der Waals surface area contributed by atoms with Crippen molar-refractivity contribution in [3.8, 4) is 11.5 Å². The summed E-state index contributed by atoms with van der Waals surface area (Å²) >= 11 is 0. The Balaban J connectivity index is 1.82. The topological polar surface area (TPSA) is 63.4 Å². The molecule has 0 aliphatic carbocycles. The number of hydrogen-bond donors (Lipinski definition) is 2. The lowest BCUT2D eigenvalue weighted by Gasteiger charge is -2.10. The smallest absolute Gasteiger partial charge is 0.497 e. The molecule has 0 spiro atoms. The van der Waals surface area contributed by atoms with E-state index in [0.29, 0.717) is 22.2 Å². The van der Waals surface area contributed by atoms with Crippen molar-refractivity contribution in [1.82, 2.24) is 4.98 Å².